The average Bonchev–Trinajstić information content (AvgIpc) is 3.05. The second kappa shape index (κ2) is 6.38. The van der Waals surface area contributed by atoms with Gasteiger partial charge < -0.3 is 9.15 Å². The standard InChI is InChI=1S/C20H15NO4S/c1-3-12-8-13-17(9-16(12)25-11(2)22)24-10-14(19(13)23)20-21-15-6-4-5-7-18(15)26-20/h4-10H,3H2,1-2H3. The highest BCUT2D eigenvalue weighted by atomic mass is 32.1. The van der Waals surface area contributed by atoms with E-state index in [2.05, 4.69) is 4.98 Å². The maximum Gasteiger partial charge on any atom is 0.308 e. The number of fused-ring (bicyclic) bond motifs is 2. The highest BCUT2D eigenvalue weighted by Gasteiger charge is 2.16. The lowest BCUT2D eigenvalue weighted by atomic mass is 10.1. The van der Waals surface area contributed by atoms with Crippen LogP contribution in [-0.4, -0.2) is 11.0 Å². The van der Waals surface area contributed by atoms with Gasteiger partial charge in [-0.3, -0.25) is 9.59 Å². The van der Waals surface area contributed by atoms with Gasteiger partial charge in [0.15, 0.2) is 0 Å². The van der Waals surface area contributed by atoms with E-state index >= 15 is 0 Å². The van der Waals surface area contributed by atoms with Crippen LogP contribution >= 0.6 is 11.3 Å². The van der Waals surface area contributed by atoms with Crippen LogP contribution < -0.4 is 10.2 Å². The molecule has 0 N–H and O–H groups in total. The van der Waals surface area contributed by atoms with Crippen LogP contribution in [0.1, 0.15) is 19.4 Å². The van der Waals surface area contributed by atoms with Crippen molar-refractivity contribution >= 4 is 38.5 Å². The van der Waals surface area contributed by atoms with Crippen molar-refractivity contribution in [1.82, 2.24) is 4.98 Å². The van der Waals surface area contributed by atoms with Crippen molar-refractivity contribution in [2.24, 2.45) is 0 Å². The molecule has 130 valence electrons. The van der Waals surface area contributed by atoms with Gasteiger partial charge in [0.2, 0.25) is 5.43 Å². The minimum Gasteiger partial charge on any atom is -0.463 e. The first kappa shape index (κ1) is 16.5. The van der Waals surface area contributed by atoms with E-state index in [-0.39, 0.29) is 5.43 Å². The first-order valence-electron chi connectivity index (χ1n) is 8.19. The number of carbonyl (C=O) groups is 1. The molecule has 0 amide bonds. The number of thiazole rings is 1. The zero-order valence-electron chi connectivity index (χ0n) is 14.2. The smallest absolute Gasteiger partial charge is 0.308 e. The minimum atomic E-state index is -0.410. The van der Waals surface area contributed by atoms with E-state index in [1.165, 1.54) is 24.5 Å². The highest BCUT2D eigenvalue weighted by molar-refractivity contribution is 7.21. The van der Waals surface area contributed by atoms with E-state index in [0.29, 0.717) is 33.7 Å². The Balaban J connectivity index is 1.91. The summed E-state index contributed by atoms with van der Waals surface area (Å²) >= 11 is 1.45. The monoisotopic (exact) mass is 365 g/mol. The fraction of sp³-hybridized carbons (Fsp3) is 0.150. The van der Waals surface area contributed by atoms with Crippen molar-refractivity contribution in [2.75, 3.05) is 0 Å². The Morgan fingerprint density at radius 2 is 2.08 bits per heavy atom. The van der Waals surface area contributed by atoms with Gasteiger partial charge in [0.25, 0.3) is 0 Å². The maximum atomic E-state index is 13.0. The zero-order valence-corrected chi connectivity index (χ0v) is 15.1. The highest BCUT2D eigenvalue weighted by Crippen LogP contribution is 2.31. The predicted molar refractivity (Wildman–Crippen MR) is 102 cm³/mol. The summed E-state index contributed by atoms with van der Waals surface area (Å²) in [4.78, 5) is 28.8. The largest absolute Gasteiger partial charge is 0.463 e. The van der Waals surface area contributed by atoms with E-state index in [9.17, 15) is 9.59 Å². The Labute approximate surface area is 152 Å². The van der Waals surface area contributed by atoms with Crippen LogP contribution in [0.3, 0.4) is 0 Å². The number of hydrogen-bond acceptors (Lipinski definition) is 6. The molecule has 5 nitrogen and oxygen atoms in total. The van der Waals surface area contributed by atoms with Crippen molar-refractivity contribution in [3.63, 3.8) is 0 Å². The van der Waals surface area contributed by atoms with Gasteiger partial charge in [0.1, 0.15) is 22.6 Å². The Hall–Kier alpha value is -2.99. The van der Waals surface area contributed by atoms with Gasteiger partial charge in [-0.1, -0.05) is 19.1 Å². The number of esters is 1. The molecule has 4 aromatic rings. The first-order chi connectivity index (χ1) is 12.6. The fourth-order valence-electron chi connectivity index (χ4n) is 2.86. The quantitative estimate of drug-likeness (QED) is 0.393. The van der Waals surface area contributed by atoms with Gasteiger partial charge >= 0.3 is 5.97 Å². The minimum absolute atomic E-state index is 0.144. The van der Waals surface area contributed by atoms with E-state index in [0.717, 1.165) is 15.8 Å². The molecule has 0 aliphatic heterocycles. The van der Waals surface area contributed by atoms with Gasteiger partial charge in [0.05, 0.1) is 21.2 Å². The Morgan fingerprint density at radius 3 is 2.81 bits per heavy atom. The third-order valence-electron chi connectivity index (χ3n) is 4.11. The number of ether oxygens (including phenoxy) is 1. The molecule has 0 unspecified atom stereocenters. The molecule has 6 heteroatoms. The van der Waals surface area contributed by atoms with Crippen molar-refractivity contribution in [2.45, 2.75) is 20.3 Å². The Bertz CT molecular complexity index is 1170. The third-order valence-corrected chi connectivity index (χ3v) is 5.18. The second-order valence-corrected chi connectivity index (χ2v) is 6.90. The topological polar surface area (TPSA) is 69.4 Å². The molecule has 2 aromatic carbocycles. The van der Waals surface area contributed by atoms with Crippen LogP contribution in [0.5, 0.6) is 5.75 Å². The van der Waals surface area contributed by atoms with Gasteiger partial charge in [-0.15, -0.1) is 11.3 Å². The Kier molecular flexibility index (Phi) is 4.05. The van der Waals surface area contributed by atoms with Crippen LogP contribution in [0, 0.1) is 0 Å². The number of hydrogen-bond donors (Lipinski definition) is 0. The normalized spacial score (nSPS) is 11.2. The molecule has 26 heavy (non-hydrogen) atoms. The molecular weight excluding hydrogens is 350 g/mol. The molecule has 2 heterocycles. The lowest BCUT2D eigenvalue weighted by molar-refractivity contribution is -0.131. The summed E-state index contributed by atoms with van der Waals surface area (Å²) in [5.74, 6) is 0.0101. The van der Waals surface area contributed by atoms with Crippen LogP contribution in [0.4, 0.5) is 0 Å². The van der Waals surface area contributed by atoms with Crippen LogP contribution in [0.15, 0.2) is 51.9 Å². The molecule has 0 spiro atoms. The fourth-order valence-corrected chi connectivity index (χ4v) is 3.83. The van der Waals surface area contributed by atoms with E-state index in [1.54, 1.807) is 12.1 Å². The number of para-hydroxylation sites is 1. The van der Waals surface area contributed by atoms with Gasteiger partial charge in [-0.05, 0) is 30.2 Å². The van der Waals surface area contributed by atoms with Crippen LogP contribution in [0.25, 0.3) is 31.8 Å². The second-order valence-electron chi connectivity index (χ2n) is 5.87. The van der Waals surface area contributed by atoms with Crippen molar-refractivity contribution in [3.8, 4) is 16.3 Å². The predicted octanol–water partition coefficient (Wildman–Crippen LogP) is 4.56. The average molecular weight is 365 g/mol. The lowest BCUT2D eigenvalue weighted by Crippen LogP contribution is -2.08. The molecule has 0 atom stereocenters. The summed E-state index contributed by atoms with van der Waals surface area (Å²) in [6.45, 7) is 3.28. The van der Waals surface area contributed by atoms with Crippen LogP contribution in [-0.2, 0) is 11.2 Å². The molecule has 0 aliphatic carbocycles. The number of nitrogens with zero attached hydrogens (tertiary/aromatic N) is 1. The number of aryl methyl sites for hydroxylation is 1. The molecule has 4 rings (SSSR count). The lowest BCUT2D eigenvalue weighted by Gasteiger charge is -2.09. The molecule has 0 aliphatic rings. The van der Waals surface area contributed by atoms with Gasteiger partial charge in [-0.2, -0.15) is 0 Å². The number of benzene rings is 2. The van der Waals surface area contributed by atoms with E-state index in [4.69, 9.17) is 9.15 Å². The summed E-state index contributed by atoms with van der Waals surface area (Å²) in [7, 11) is 0. The third kappa shape index (κ3) is 2.78. The number of rotatable bonds is 3. The summed E-state index contributed by atoms with van der Waals surface area (Å²) in [6.07, 6.45) is 2.05. The molecule has 0 radical (unpaired) electrons. The van der Waals surface area contributed by atoms with Crippen LogP contribution in [0.2, 0.25) is 0 Å². The molecule has 0 bridgehead atoms. The van der Waals surface area contributed by atoms with E-state index in [1.807, 2.05) is 31.2 Å². The Morgan fingerprint density at radius 1 is 1.27 bits per heavy atom. The summed E-state index contributed by atoms with van der Waals surface area (Å²) in [5, 5.41) is 1.08. The maximum absolute atomic E-state index is 13.0. The molecule has 2 aromatic heterocycles. The molecule has 0 saturated heterocycles. The van der Waals surface area contributed by atoms with Crippen molar-refractivity contribution in [1.29, 1.82) is 0 Å². The number of aromatic nitrogens is 1. The summed E-state index contributed by atoms with van der Waals surface area (Å²) in [6, 6.07) is 11.1. The van der Waals surface area contributed by atoms with Gasteiger partial charge in [-0.25, -0.2) is 4.98 Å². The SMILES string of the molecule is CCc1cc2c(=O)c(-c3nc4ccccc4s3)coc2cc1OC(C)=O. The summed E-state index contributed by atoms with van der Waals surface area (Å²) in [5.41, 5.74) is 2.30. The molecule has 0 fully saturated rings. The van der Waals surface area contributed by atoms with Crippen molar-refractivity contribution < 1.29 is 13.9 Å². The number of carbonyl (C=O) groups excluding carboxylic acids is 1. The van der Waals surface area contributed by atoms with Crippen molar-refractivity contribution in [3.05, 3.63) is 58.4 Å². The molecular formula is C20H15NO4S. The first-order valence-corrected chi connectivity index (χ1v) is 9.01. The molecule has 0 saturated carbocycles. The summed E-state index contributed by atoms with van der Waals surface area (Å²) < 4.78 is 11.9. The van der Waals surface area contributed by atoms with E-state index < -0.39 is 5.97 Å². The van der Waals surface area contributed by atoms with Gasteiger partial charge in [0, 0.05) is 13.0 Å². The zero-order chi connectivity index (χ0) is 18.3.